The summed E-state index contributed by atoms with van der Waals surface area (Å²) in [4.78, 5) is 22.9. The molecule has 0 aliphatic heterocycles. The summed E-state index contributed by atoms with van der Waals surface area (Å²) in [6, 6.07) is 9.89. The minimum absolute atomic E-state index is 0.124. The van der Waals surface area contributed by atoms with Crippen molar-refractivity contribution >= 4 is 33.5 Å². The Morgan fingerprint density at radius 2 is 1.84 bits per heavy atom. The summed E-state index contributed by atoms with van der Waals surface area (Å²) in [7, 11) is 0. The number of aryl methyl sites for hydroxylation is 1. The molecular weight excluding hydrogens is 386 g/mol. The van der Waals surface area contributed by atoms with Gasteiger partial charge in [0.2, 0.25) is 0 Å². The largest absolute Gasteiger partial charge is 0.483 e. The first-order chi connectivity index (χ1) is 11.8. The fourth-order valence-electron chi connectivity index (χ4n) is 2.28. The van der Waals surface area contributed by atoms with Crippen LogP contribution in [0.25, 0.3) is 0 Å². The van der Waals surface area contributed by atoms with Gasteiger partial charge in [0.15, 0.2) is 6.61 Å². The summed E-state index contributed by atoms with van der Waals surface area (Å²) in [5.74, 6) is -0.364. The first-order valence-corrected chi connectivity index (χ1v) is 8.63. The van der Waals surface area contributed by atoms with Crippen LogP contribution < -0.4 is 10.1 Å². The fourth-order valence-corrected chi connectivity index (χ4v) is 2.64. The van der Waals surface area contributed by atoms with Crippen LogP contribution in [-0.2, 0) is 4.79 Å². The van der Waals surface area contributed by atoms with Crippen molar-refractivity contribution in [1.29, 1.82) is 0 Å². The van der Waals surface area contributed by atoms with E-state index in [1.165, 1.54) is 12.1 Å². The molecule has 5 nitrogen and oxygen atoms in total. The zero-order chi connectivity index (χ0) is 18.6. The third-order valence-corrected chi connectivity index (χ3v) is 4.54. The average molecular weight is 406 g/mol. The average Bonchev–Trinajstić information content (AvgIpc) is 2.55. The Bertz CT molecular complexity index is 785. The number of carboxylic acid groups (broad SMARTS) is 1. The number of ether oxygens (including phenoxy) is 1. The van der Waals surface area contributed by atoms with E-state index in [4.69, 9.17) is 9.84 Å². The molecule has 1 amide bonds. The summed E-state index contributed by atoms with van der Waals surface area (Å²) in [6.07, 6.45) is 0. The molecule has 0 aliphatic carbocycles. The molecule has 0 unspecified atom stereocenters. The number of rotatable bonds is 6. The van der Waals surface area contributed by atoms with Crippen LogP contribution >= 0.6 is 15.9 Å². The van der Waals surface area contributed by atoms with Gasteiger partial charge in [-0.1, -0.05) is 29.8 Å². The summed E-state index contributed by atoms with van der Waals surface area (Å²) in [6.45, 7) is 5.97. The van der Waals surface area contributed by atoms with Gasteiger partial charge in [0.05, 0.1) is 5.56 Å². The highest BCUT2D eigenvalue weighted by atomic mass is 79.9. The number of nitrogens with one attached hydrogen (secondary N) is 1. The highest BCUT2D eigenvalue weighted by Gasteiger charge is 2.13. The monoisotopic (exact) mass is 405 g/mol. The zero-order valence-electron chi connectivity index (χ0n) is 14.3. The molecule has 2 rings (SSSR count). The van der Waals surface area contributed by atoms with Crippen molar-refractivity contribution in [3.05, 3.63) is 57.6 Å². The maximum Gasteiger partial charge on any atom is 0.335 e. The molecule has 0 saturated carbocycles. The predicted octanol–water partition coefficient (Wildman–Crippen LogP) is 4.60. The lowest BCUT2D eigenvalue weighted by Gasteiger charge is -2.16. The minimum Gasteiger partial charge on any atom is -0.483 e. The molecule has 0 bridgehead atoms. The van der Waals surface area contributed by atoms with Crippen molar-refractivity contribution in [3.8, 4) is 5.75 Å². The van der Waals surface area contributed by atoms with Crippen molar-refractivity contribution in [1.82, 2.24) is 0 Å². The molecule has 0 aromatic heterocycles. The lowest BCUT2D eigenvalue weighted by molar-refractivity contribution is -0.118. The van der Waals surface area contributed by atoms with E-state index in [-0.39, 0.29) is 24.0 Å². The summed E-state index contributed by atoms with van der Waals surface area (Å²) in [5.41, 5.74) is 2.75. The number of halogens is 1. The van der Waals surface area contributed by atoms with Gasteiger partial charge in [-0.25, -0.2) is 4.79 Å². The molecule has 0 fully saturated rings. The van der Waals surface area contributed by atoms with E-state index >= 15 is 0 Å². The highest BCUT2D eigenvalue weighted by Crippen LogP contribution is 2.32. The van der Waals surface area contributed by atoms with Crippen LogP contribution in [0.15, 0.2) is 40.9 Å². The summed E-state index contributed by atoms with van der Waals surface area (Å²) >= 11 is 3.51. The Labute approximate surface area is 155 Å². The number of aromatic carboxylic acids is 1. The van der Waals surface area contributed by atoms with E-state index in [1.807, 2.05) is 19.1 Å². The van der Waals surface area contributed by atoms with Crippen LogP contribution in [-0.4, -0.2) is 23.6 Å². The van der Waals surface area contributed by atoms with Gasteiger partial charge in [-0.15, -0.1) is 0 Å². The molecule has 0 spiro atoms. The van der Waals surface area contributed by atoms with E-state index in [2.05, 4.69) is 35.1 Å². The Morgan fingerprint density at radius 3 is 2.40 bits per heavy atom. The standard InChI is InChI=1S/C19H20BrNO4/c1-11(2)15-9-16(20)12(3)8-17(15)25-10-18(22)21-14-6-4-13(5-7-14)19(23)24/h4-9,11H,10H2,1-3H3,(H,21,22)(H,23,24). The normalized spacial score (nSPS) is 10.6. The van der Waals surface area contributed by atoms with E-state index in [9.17, 15) is 9.59 Å². The predicted molar refractivity (Wildman–Crippen MR) is 100 cm³/mol. The van der Waals surface area contributed by atoms with Gasteiger partial charge < -0.3 is 15.2 Å². The smallest absolute Gasteiger partial charge is 0.335 e. The lowest BCUT2D eigenvalue weighted by atomic mass is 10.0. The Balaban J connectivity index is 2.02. The van der Waals surface area contributed by atoms with Gasteiger partial charge in [-0.2, -0.15) is 0 Å². The molecule has 0 heterocycles. The van der Waals surface area contributed by atoms with Crippen molar-refractivity contribution in [2.45, 2.75) is 26.7 Å². The molecule has 2 N–H and O–H groups in total. The zero-order valence-corrected chi connectivity index (χ0v) is 15.9. The number of carbonyl (C=O) groups excluding carboxylic acids is 1. The first kappa shape index (κ1) is 19.0. The number of benzene rings is 2. The van der Waals surface area contributed by atoms with Gasteiger partial charge in [0.25, 0.3) is 5.91 Å². The minimum atomic E-state index is -1.01. The van der Waals surface area contributed by atoms with Crippen molar-refractivity contribution in [2.75, 3.05) is 11.9 Å². The van der Waals surface area contributed by atoms with Crippen LogP contribution in [0.2, 0.25) is 0 Å². The molecule has 0 aliphatic rings. The Morgan fingerprint density at radius 1 is 1.20 bits per heavy atom. The molecular formula is C19H20BrNO4. The topological polar surface area (TPSA) is 75.6 Å². The second-order valence-electron chi connectivity index (χ2n) is 6.01. The van der Waals surface area contributed by atoms with Crippen LogP contribution in [0, 0.1) is 6.92 Å². The van der Waals surface area contributed by atoms with E-state index in [1.54, 1.807) is 12.1 Å². The van der Waals surface area contributed by atoms with Crippen LogP contribution in [0.4, 0.5) is 5.69 Å². The quantitative estimate of drug-likeness (QED) is 0.736. The van der Waals surface area contributed by atoms with Gasteiger partial charge in [0, 0.05) is 10.2 Å². The van der Waals surface area contributed by atoms with Crippen LogP contribution in [0.3, 0.4) is 0 Å². The molecule has 2 aromatic rings. The molecule has 0 atom stereocenters. The lowest BCUT2D eigenvalue weighted by Crippen LogP contribution is -2.20. The van der Waals surface area contributed by atoms with Crippen molar-refractivity contribution < 1.29 is 19.4 Å². The third-order valence-electron chi connectivity index (χ3n) is 3.69. The molecule has 132 valence electrons. The molecule has 2 aromatic carbocycles. The van der Waals surface area contributed by atoms with Crippen molar-refractivity contribution in [3.63, 3.8) is 0 Å². The first-order valence-electron chi connectivity index (χ1n) is 7.84. The summed E-state index contributed by atoms with van der Waals surface area (Å²) in [5, 5.41) is 11.6. The van der Waals surface area contributed by atoms with E-state index in [0.717, 1.165) is 15.6 Å². The number of hydrogen-bond donors (Lipinski definition) is 2. The second-order valence-corrected chi connectivity index (χ2v) is 6.87. The van der Waals surface area contributed by atoms with Gasteiger partial charge in [-0.05, 0) is 60.4 Å². The van der Waals surface area contributed by atoms with Crippen LogP contribution in [0.1, 0.15) is 41.3 Å². The molecule has 6 heteroatoms. The number of carbonyl (C=O) groups is 2. The SMILES string of the molecule is Cc1cc(OCC(=O)Nc2ccc(C(=O)O)cc2)c(C(C)C)cc1Br. The molecule has 0 saturated heterocycles. The number of hydrogen-bond acceptors (Lipinski definition) is 3. The Hall–Kier alpha value is -2.34. The van der Waals surface area contributed by atoms with E-state index < -0.39 is 5.97 Å². The van der Waals surface area contributed by atoms with Gasteiger partial charge in [-0.3, -0.25) is 4.79 Å². The molecule has 0 radical (unpaired) electrons. The highest BCUT2D eigenvalue weighted by molar-refractivity contribution is 9.10. The third kappa shape index (κ3) is 5.06. The van der Waals surface area contributed by atoms with Gasteiger partial charge in [0.1, 0.15) is 5.75 Å². The van der Waals surface area contributed by atoms with Crippen molar-refractivity contribution in [2.24, 2.45) is 0 Å². The van der Waals surface area contributed by atoms with Gasteiger partial charge >= 0.3 is 5.97 Å². The Kier molecular flexibility index (Phi) is 6.20. The van der Waals surface area contributed by atoms with Crippen LogP contribution in [0.5, 0.6) is 5.75 Å². The maximum atomic E-state index is 12.1. The number of anilines is 1. The molecule has 25 heavy (non-hydrogen) atoms. The van der Waals surface area contributed by atoms with E-state index in [0.29, 0.717) is 11.4 Å². The second kappa shape index (κ2) is 8.16. The fraction of sp³-hybridized carbons (Fsp3) is 0.263. The maximum absolute atomic E-state index is 12.1. The number of carboxylic acids is 1. The number of amides is 1. The summed E-state index contributed by atoms with van der Waals surface area (Å²) < 4.78 is 6.71.